The Morgan fingerprint density at radius 2 is 2.11 bits per heavy atom. The van der Waals surface area contributed by atoms with E-state index in [-0.39, 0.29) is 12.5 Å². The average Bonchev–Trinajstić information content (AvgIpc) is 3.08. The van der Waals surface area contributed by atoms with Crippen molar-refractivity contribution in [2.75, 3.05) is 24.6 Å². The molecule has 1 aliphatic heterocycles. The number of nitrogens with one attached hydrogen (secondary N) is 1. The summed E-state index contributed by atoms with van der Waals surface area (Å²) in [6.07, 6.45) is 3.18. The van der Waals surface area contributed by atoms with Crippen LogP contribution >= 0.6 is 0 Å². The second kappa shape index (κ2) is 9.83. The predicted molar refractivity (Wildman–Crippen MR) is 111 cm³/mol. The number of nitrogens with zero attached hydrogens (tertiary/aromatic N) is 3. The number of allylic oxidation sites excluding steroid dienone is 1. The molecule has 1 amide bonds. The Hall–Kier alpha value is -2.73. The van der Waals surface area contributed by atoms with Crippen LogP contribution in [0, 0.1) is 0 Å². The molecule has 0 radical (unpaired) electrons. The molecule has 6 heteroatoms. The van der Waals surface area contributed by atoms with Crippen LogP contribution in [0.25, 0.3) is 0 Å². The molecule has 1 heterocycles. The summed E-state index contributed by atoms with van der Waals surface area (Å²) in [5.41, 5.74) is 4.05. The Kier molecular flexibility index (Phi) is 7.49. The van der Waals surface area contributed by atoms with Crippen molar-refractivity contribution in [2.24, 2.45) is 9.98 Å². The Balaban J connectivity index is 2.42. The Morgan fingerprint density at radius 1 is 1.37 bits per heavy atom. The highest BCUT2D eigenvalue weighted by Gasteiger charge is 2.24. The van der Waals surface area contributed by atoms with E-state index in [1.807, 2.05) is 26.0 Å². The fourth-order valence-corrected chi connectivity index (χ4v) is 2.90. The van der Waals surface area contributed by atoms with E-state index < -0.39 is 0 Å². The number of benzene rings is 1. The highest BCUT2D eigenvalue weighted by molar-refractivity contribution is 6.38. The van der Waals surface area contributed by atoms with E-state index in [0.717, 1.165) is 24.2 Å². The largest absolute Gasteiger partial charge is 0.396 e. The highest BCUT2D eigenvalue weighted by Crippen LogP contribution is 2.33. The average molecular weight is 368 g/mol. The van der Waals surface area contributed by atoms with Gasteiger partial charge in [-0.05, 0) is 50.8 Å². The lowest BCUT2D eigenvalue weighted by atomic mass is 10.2. The number of hydrogen-bond donors (Lipinski definition) is 2. The third kappa shape index (κ3) is 5.14. The molecule has 0 saturated carbocycles. The van der Waals surface area contributed by atoms with Gasteiger partial charge in [0.25, 0.3) is 5.91 Å². The van der Waals surface area contributed by atoms with Crippen molar-refractivity contribution < 1.29 is 9.90 Å². The van der Waals surface area contributed by atoms with E-state index >= 15 is 0 Å². The molecule has 1 aliphatic rings. The number of aliphatic hydroxyl groups is 1. The van der Waals surface area contributed by atoms with Crippen molar-refractivity contribution in [2.45, 2.75) is 33.6 Å². The van der Waals surface area contributed by atoms with Gasteiger partial charge in [0.1, 0.15) is 11.4 Å². The molecule has 0 bridgehead atoms. The van der Waals surface area contributed by atoms with Crippen molar-refractivity contribution in [1.29, 1.82) is 0 Å². The van der Waals surface area contributed by atoms with E-state index in [9.17, 15) is 4.79 Å². The summed E-state index contributed by atoms with van der Waals surface area (Å²) in [6.45, 7) is 10.7. The normalized spacial score (nSPS) is 15.0. The van der Waals surface area contributed by atoms with Crippen LogP contribution in [-0.4, -0.2) is 42.6 Å². The maximum atomic E-state index is 12.2. The number of para-hydroxylation sites is 1. The summed E-state index contributed by atoms with van der Waals surface area (Å²) in [7, 11) is 0. The van der Waals surface area contributed by atoms with Crippen LogP contribution in [0.4, 0.5) is 5.69 Å². The fraction of sp³-hybridized carbons (Fsp3) is 0.381. The molecule has 2 N–H and O–H groups in total. The molecule has 1 aromatic carbocycles. The zero-order valence-electron chi connectivity index (χ0n) is 16.3. The molecule has 0 unspecified atom stereocenters. The lowest BCUT2D eigenvalue weighted by molar-refractivity contribution is -0.114. The fourth-order valence-electron chi connectivity index (χ4n) is 2.90. The molecule has 0 spiro atoms. The number of anilines is 1. The summed E-state index contributed by atoms with van der Waals surface area (Å²) < 4.78 is 0. The number of aliphatic hydroxyl groups excluding tert-OH is 1. The first-order valence-corrected chi connectivity index (χ1v) is 9.18. The van der Waals surface area contributed by atoms with E-state index in [4.69, 9.17) is 5.11 Å². The van der Waals surface area contributed by atoms with Gasteiger partial charge in [-0.1, -0.05) is 24.8 Å². The van der Waals surface area contributed by atoms with Crippen molar-refractivity contribution in [3.05, 3.63) is 53.5 Å². The number of hydrogen-bond acceptors (Lipinski definition) is 5. The maximum absolute atomic E-state index is 12.2. The second-order valence-electron chi connectivity index (χ2n) is 6.40. The summed E-state index contributed by atoms with van der Waals surface area (Å²) in [5.74, 6) is 0.432. The summed E-state index contributed by atoms with van der Waals surface area (Å²) >= 11 is 0. The van der Waals surface area contributed by atoms with Gasteiger partial charge in [0.05, 0.1) is 0 Å². The van der Waals surface area contributed by atoms with Gasteiger partial charge >= 0.3 is 0 Å². The molecule has 144 valence electrons. The first-order valence-electron chi connectivity index (χ1n) is 9.18. The monoisotopic (exact) mass is 368 g/mol. The van der Waals surface area contributed by atoms with Gasteiger partial charge in [-0.2, -0.15) is 0 Å². The predicted octanol–water partition coefficient (Wildman–Crippen LogP) is 2.84. The minimum Gasteiger partial charge on any atom is -0.396 e. The lowest BCUT2D eigenvalue weighted by Gasteiger charge is -2.22. The quantitative estimate of drug-likeness (QED) is 0.421. The van der Waals surface area contributed by atoms with Crippen molar-refractivity contribution in [1.82, 2.24) is 5.32 Å². The van der Waals surface area contributed by atoms with Crippen LogP contribution in [0.5, 0.6) is 0 Å². The van der Waals surface area contributed by atoms with Gasteiger partial charge < -0.3 is 15.3 Å². The van der Waals surface area contributed by atoms with Crippen LogP contribution in [-0.2, 0) is 11.2 Å². The van der Waals surface area contributed by atoms with E-state index in [0.29, 0.717) is 30.2 Å². The number of aliphatic imine (C=N–C) groups is 2. The van der Waals surface area contributed by atoms with E-state index in [2.05, 4.69) is 38.9 Å². The van der Waals surface area contributed by atoms with Crippen molar-refractivity contribution >= 4 is 23.5 Å². The molecule has 2 rings (SSSR count). The zero-order chi connectivity index (χ0) is 19.8. The van der Waals surface area contributed by atoms with Gasteiger partial charge in [-0.25, -0.2) is 9.98 Å². The molecule has 27 heavy (non-hydrogen) atoms. The molecule has 0 aromatic heterocycles. The number of amides is 1. The van der Waals surface area contributed by atoms with E-state index in [1.165, 1.54) is 5.56 Å². The highest BCUT2D eigenvalue weighted by atomic mass is 16.3. The topological polar surface area (TPSA) is 77.3 Å². The van der Waals surface area contributed by atoms with Crippen LogP contribution < -0.4 is 10.2 Å². The SMILES string of the molecule is C=C(C)C(/N=C(\C)C(=O)NCCCO)=C(\N=C/C)N1CCc2ccccc21. The van der Waals surface area contributed by atoms with Gasteiger partial charge in [-0.15, -0.1) is 0 Å². The number of carbonyl (C=O) groups is 1. The first-order chi connectivity index (χ1) is 13.0. The standard InChI is InChI=1S/C21H28N4O2/c1-5-22-20(25-13-11-17-9-6-7-10-18(17)25)19(15(2)3)24-16(4)21(27)23-12-8-14-26/h5-7,9-10,26H,2,8,11-14H2,1,3-4H3,(H,23,27)/b20-19-,22-5-,24-16+. The molecule has 0 atom stereocenters. The zero-order valence-corrected chi connectivity index (χ0v) is 16.3. The second-order valence-corrected chi connectivity index (χ2v) is 6.40. The smallest absolute Gasteiger partial charge is 0.265 e. The summed E-state index contributed by atoms with van der Waals surface area (Å²) in [6, 6.07) is 8.23. The van der Waals surface area contributed by atoms with Crippen molar-refractivity contribution in [3.8, 4) is 0 Å². The third-order valence-corrected chi connectivity index (χ3v) is 4.24. The van der Waals surface area contributed by atoms with Crippen LogP contribution in [0.1, 0.15) is 32.8 Å². The molecule has 6 nitrogen and oxygen atoms in total. The van der Waals surface area contributed by atoms with Crippen LogP contribution in [0.3, 0.4) is 0 Å². The van der Waals surface area contributed by atoms with Crippen LogP contribution in [0.15, 0.2) is 57.9 Å². The van der Waals surface area contributed by atoms with Crippen LogP contribution in [0.2, 0.25) is 0 Å². The lowest BCUT2D eigenvalue weighted by Crippen LogP contribution is -2.31. The molecule has 1 aromatic rings. The minimum absolute atomic E-state index is 0.0388. The van der Waals surface area contributed by atoms with Gasteiger partial charge in [0, 0.05) is 31.6 Å². The van der Waals surface area contributed by atoms with E-state index in [1.54, 1.807) is 13.1 Å². The first kappa shape index (κ1) is 20.6. The summed E-state index contributed by atoms with van der Waals surface area (Å²) in [4.78, 5) is 23.5. The number of fused-ring (bicyclic) bond motifs is 1. The number of carbonyl (C=O) groups excluding carboxylic acids is 1. The molecule has 0 saturated heterocycles. The Morgan fingerprint density at radius 3 is 2.78 bits per heavy atom. The van der Waals surface area contributed by atoms with Gasteiger partial charge in [0.2, 0.25) is 0 Å². The Labute approximate surface area is 161 Å². The maximum Gasteiger partial charge on any atom is 0.265 e. The van der Waals surface area contributed by atoms with Crippen molar-refractivity contribution in [3.63, 3.8) is 0 Å². The summed E-state index contributed by atoms with van der Waals surface area (Å²) in [5, 5.41) is 11.6. The van der Waals surface area contributed by atoms with Gasteiger partial charge in [-0.3, -0.25) is 4.79 Å². The minimum atomic E-state index is -0.260. The third-order valence-electron chi connectivity index (χ3n) is 4.24. The molecule has 0 aliphatic carbocycles. The molecular formula is C21H28N4O2. The number of rotatable bonds is 8. The molecular weight excluding hydrogens is 340 g/mol. The Bertz CT molecular complexity index is 793. The molecule has 0 fully saturated rings. The van der Waals surface area contributed by atoms with Gasteiger partial charge in [0.15, 0.2) is 5.82 Å².